The van der Waals surface area contributed by atoms with Gasteiger partial charge in [-0.1, -0.05) is 82.6 Å². The van der Waals surface area contributed by atoms with Crippen molar-refractivity contribution in [2.75, 3.05) is 39.9 Å². The molecule has 0 saturated carbocycles. The summed E-state index contributed by atoms with van der Waals surface area (Å²) in [6.07, 6.45) is 3.38. The first-order valence-corrected chi connectivity index (χ1v) is 14.9. The summed E-state index contributed by atoms with van der Waals surface area (Å²) in [6, 6.07) is 16.4. The standard InChI is InChI=1S/C29H38FN3O3.2C2H6/c1-28(2,30)20-31-27(35)29(24-12-6-4-10-22(24)23-11-5-7-13-25(23)29)15-8-9-16-33-17-14-21(18-33)32-26(34)19-36-3;2*1-2/h4-7,10-13,21H,8-9,14-20H2,1-3H3,(H,31,35)(H,32,34);2*1-2H3. The Kier molecular flexibility index (Phi) is 13.3. The molecule has 7 heteroatoms. The molecule has 4 rings (SSSR count). The summed E-state index contributed by atoms with van der Waals surface area (Å²) >= 11 is 0. The molecule has 1 saturated heterocycles. The van der Waals surface area contributed by atoms with E-state index in [0.29, 0.717) is 6.42 Å². The van der Waals surface area contributed by atoms with E-state index in [9.17, 15) is 14.0 Å². The topological polar surface area (TPSA) is 70.7 Å². The van der Waals surface area contributed by atoms with Crippen molar-refractivity contribution in [1.82, 2.24) is 15.5 Å². The fourth-order valence-corrected chi connectivity index (χ4v) is 5.67. The molecule has 0 radical (unpaired) electrons. The summed E-state index contributed by atoms with van der Waals surface area (Å²) < 4.78 is 19.2. The minimum Gasteiger partial charge on any atom is -0.375 e. The number of unbranched alkanes of at least 4 members (excludes halogenated alkanes) is 1. The molecular formula is C33H50FN3O3. The van der Waals surface area contributed by atoms with Gasteiger partial charge in [0, 0.05) is 26.2 Å². The molecule has 2 N–H and O–H groups in total. The van der Waals surface area contributed by atoms with E-state index < -0.39 is 11.1 Å². The number of halogens is 1. The molecule has 40 heavy (non-hydrogen) atoms. The zero-order valence-corrected chi connectivity index (χ0v) is 25.6. The summed E-state index contributed by atoms with van der Waals surface area (Å²) in [5.41, 5.74) is 1.85. The van der Waals surface area contributed by atoms with Crippen molar-refractivity contribution in [2.24, 2.45) is 0 Å². The highest BCUT2D eigenvalue weighted by molar-refractivity contribution is 6.00. The monoisotopic (exact) mass is 555 g/mol. The highest BCUT2D eigenvalue weighted by atomic mass is 19.1. The summed E-state index contributed by atoms with van der Waals surface area (Å²) in [6.45, 7) is 13.7. The number of alkyl halides is 1. The van der Waals surface area contributed by atoms with Crippen LogP contribution in [0.5, 0.6) is 0 Å². The number of likely N-dealkylation sites (tertiary alicyclic amines) is 1. The van der Waals surface area contributed by atoms with E-state index in [-0.39, 0.29) is 31.0 Å². The number of nitrogens with zero attached hydrogens (tertiary/aromatic N) is 1. The van der Waals surface area contributed by atoms with Crippen LogP contribution >= 0.6 is 0 Å². The summed E-state index contributed by atoms with van der Waals surface area (Å²) in [7, 11) is 1.52. The second kappa shape index (κ2) is 15.9. The maximum Gasteiger partial charge on any atom is 0.246 e. The fourth-order valence-electron chi connectivity index (χ4n) is 5.67. The van der Waals surface area contributed by atoms with Crippen molar-refractivity contribution < 1.29 is 18.7 Å². The number of rotatable bonds is 11. The van der Waals surface area contributed by atoms with E-state index in [1.165, 1.54) is 21.0 Å². The van der Waals surface area contributed by atoms with Crippen LogP contribution in [0, 0.1) is 0 Å². The second-order valence-corrected chi connectivity index (χ2v) is 10.6. The minimum atomic E-state index is -1.49. The Bertz CT molecular complexity index is 1040. The predicted molar refractivity (Wildman–Crippen MR) is 162 cm³/mol. The maximum absolute atomic E-state index is 14.3. The average molecular weight is 556 g/mol. The zero-order chi connectivity index (χ0) is 29.8. The van der Waals surface area contributed by atoms with Crippen molar-refractivity contribution in [3.05, 3.63) is 59.7 Å². The normalized spacial score (nSPS) is 16.9. The van der Waals surface area contributed by atoms with Gasteiger partial charge in [-0.3, -0.25) is 9.59 Å². The lowest BCUT2D eigenvalue weighted by Gasteiger charge is -2.32. The van der Waals surface area contributed by atoms with Crippen LogP contribution in [-0.4, -0.2) is 68.3 Å². The van der Waals surface area contributed by atoms with Crippen LogP contribution in [0.15, 0.2) is 48.5 Å². The van der Waals surface area contributed by atoms with Gasteiger partial charge < -0.3 is 20.3 Å². The lowest BCUT2D eigenvalue weighted by molar-refractivity contribution is -0.126. The highest BCUT2D eigenvalue weighted by Crippen LogP contribution is 2.51. The van der Waals surface area contributed by atoms with E-state index in [2.05, 4.69) is 27.7 Å². The van der Waals surface area contributed by atoms with Gasteiger partial charge in [0.25, 0.3) is 0 Å². The first-order chi connectivity index (χ1) is 19.2. The summed E-state index contributed by atoms with van der Waals surface area (Å²) in [4.78, 5) is 28.0. The lowest BCUT2D eigenvalue weighted by atomic mass is 9.73. The third-order valence-corrected chi connectivity index (χ3v) is 7.31. The molecule has 6 nitrogen and oxygen atoms in total. The van der Waals surface area contributed by atoms with Crippen LogP contribution in [0.1, 0.15) is 78.4 Å². The summed E-state index contributed by atoms with van der Waals surface area (Å²) in [5.74, 6) is -0.208. The number of hydrogen-bond acceptors (Lipinski definition) is 4. The smallest absolute Gasteiger partial charge is 0.246 e. The van der Waals surface area contributed by atoms with Crippen molar-refractivity contribution in [1.29, 1.82) is 0 Å². The number of benzene rings is 2. The molecule has 2 amide bonds. The van der Waals surface area contributed by atoms with Gasteiger partial charge in [0.2, 0.25) is 11.8 Å². The van der Waals surface area contributed by atoms with Gasteiger partial charge in [-0.05, 0) is 61.9 Å². The van der Waals surface area contributed by atoms with Gasteiger partial charge in [-0.15, -0.1) is 0 Å². The van der Waals surface area contributed by atoms with Crippen molar-refractivity contribution in [3.8, 4) is 11.1 Å². The predicted octanol–water partition coefficient (Wildman–Crippen LogP) is 5.88. The van der Waals surface area contributed by atoms with Gasteiger partial charge >= 0.3 is 0 Å². The van der Waals surface area contributed by atoms with Crippen LogP contribution < -0.4 is 10.6 Å². The molecule has 1 aliphatic carbocycles. The maximum atomic E-state index is 14.3. The van der Waals surface area contributed by atoms with Crippen LogP contribution in [0.25, 0.3) is 11.1 Å². The van der Waals surface area contributed by atoms with Crippen molar-refractivity contribution in [3.63, 3.8) is 0 Å². The molecular weight excluding hydrogens is 505 g/mol. The van der Waals surface area contributed by atoms with Gasteiger partial charge in [0.15, 0.2) is 0 Å². The Morgan fingerprint density at radius 1 is 1.00 bits per heavy atom. The highest BCUT2D eigenvalue weighted by Gasteiger charge is 2.48. The number of fused-ring (bicyclic) bond motifs is 3. The molecule has 0 spiro atoms. The first kappa shape index (κ1) is 33.4. The number of ether oxygens (including phenoxy) is 1. The Labute approximate surface area is 241 Å². The Morgan fingerprint density at radius 3 is 2.12 bits per heavy atom. The number of carbonyl (C=O) groups excluding carboxylic acids is 2. The molecule has 0 bridgehead atoms. The van der Waals surface area contributed by atoms with Gasteiger partial charge in [-0.2, -0.15) is 0 Å². The van der Waals surface area contributed by atoms with Crippen LogP contribution in [0.4, 0.5) is 4.39 Å². The van der Waals surface area contributed by atoms with Gasteiger partial charge in [0.1, 0.15) is 17.7 Å². The molecule has 2 aromatic carbocycles. The van der Waals surface area contributed by atoms with Gasteiger partial charge in [-0.25, -0.2) is 4.39 Å². The quantitative estimate of drug-likeness (QED) is 0.340. The first-order valence-electron chi connectivity index (χ1n) is 14.9. The molecule has 2 aliphatic rings. The molecule has 222 valence electrons. The summed E-state index contributed by atoms with van der Waals surface area (Å²) in [5, 5.41) is 5.95. The van der Waals surface area contributed by atoms with Crippen LogP contribution in [-0.2, 0) is 19.7 Å². The Balaban J connectivity index is 0.00000134. The van der Waals surface area contributed by atoms with Crippen molar-refractivity contribution in [2.45, 2.75) is 84.4 Å². The Morgan fingerprint density at radius 2 is 1.57 bits per heavy atom. The number of carbonyl (C=O) groups is 2. The zero-order valence-electron chi connectivity index (χ0n) is 25.6. The molecule has 0 aromatic heterocycles. The molecule has 1 heterocycles. The number of nitrogens with one attached hydrogen (secondary N) is 2. The fraction of sp³-hybridized carbons (Fsp3) is 0.576. The van der Waals surface area contributed by atoms with E-state index in [0.717, 1.165) is 61.2 Å². The average Bonchev–Trinajstić information content (AvgIpc) is 3.52. The van der Waals surface area contributed by atoms with E-state index >= 15 is 0 Å². The largest absolute Gasteiger partial charge is 0.375 e. The number of methoxy groups -OCH3 is 1. The molecule has 1 atom stereocenters. The molecule has 2 aromatic rings. The molecule has 1 fully saturated rings. The third kappa shape index (κ3) is 8.14. The molecule has 1 unspecified atom stereocenters. The second-order valence-electron chi connectivity index (χ2n) is 10.6. The SMILES string of the molecule is CC.CC.COCC(=O)NC1CCN(CCCCC2(C(=O)NCC(C)(C)F)c3ccccc3-c3ccccc32)C1. The Hall–Kier alpha value is -2.77. The molecule has 1 aliphatic heterocycles. The van der Waals surface area contributed by atoms with Crippen LogP contribution in [0.3, 0.4) is 0 Å². The minimum absolute atomic E-state index is 0.0259. The van der Waals surface area contributed by atoms with E-state index in [1.54, 1.807) is 0 Å². The lowest BCUT2D eigenvalue weighted by Crippen LogP contribution is -2.47. The van der Waals surface area contributed by atoms with Crippen molar-refractivity contribution >= 4 is 11.8 Å². The van der Waals surface area contributed by atoms with E-state index in [4.69, 9.17) is 4.74 Å². The number of amides is 2. The van der Waals surface area contributed by atoms with Crippen LogP contribution in [0.2, 0.25) is 0 Å². The third-order valence-electron chi connectivity index (χ3n) is 7.31. The van der Waals surface area contributed by atoms with E-state index in [1.807, 2.05) is 64.1 Å². The van der Waals surface area contributed by atoms with Gasteiger partial charge in [0.05, 0.1) is 6.54 Å². The number of hydrogen-bond donors (Lipinski definition) is 2.